The maximum atomic E-state index is 12.7. The molecule has 0 spiro atoms. The molecule has 3 rings (SSSR count). The third-order valence-electron chi connectivity index (χ3n) is 4.11. The van der Waals surface area contributed by atoms with E-state index in [9.17, 15) is 8.42 Å². The SMILES string of the molecule is Cc1ccc(N2CCCN(S(=O)(=O)c3ccc(Cl)s3)CC2)nc1C#N. The van der Waals surface area contributed by atoms with E-state index in [2.05, 4.69) is 11.1 Å². The minimum Gasteiger partial charge on any atom is -0.355 e. The van der Waals surface area contributed by atoms with Crippen LogP contribution in [0, 0.1) is 18.3 Å². The van der Waals surface area contributed by atoms with Crippen LogP contribution < -0.4 is 4.90 Å². The Hall–Kier alpha value is -1.66. The number of anilines is 1. The number of pyridine rings is 1. The molecule has 0 N–H and O–H groups in total. The van der Waals surface area contributed by atoms with Gasteiger partial charge in [-0.2, -0.15) is 9.57 Å². The molecular weight excluding hydrogens is 380 g/mol. The maximum Gasteiger partial charge on any atom is 0.252 e. The first-order valence-electron chi connectivity index (χ1n) is 7.80. The zero-order valence-electron chi connectivity index (χ0n) is 13.6. The highest BCUT2D eigenvalue weighted by atomic mass is 35.5. The quantitative estimate of drug-likeness (QED) is 0.797. The molecule has 1 aliphatic heterocycles. The van der Waals surface area contributed by atoms with Crippen LogP contribution in [0.25, 0.3) is 0 Å². The van der Waals surface area contributed by atoms with Crippen LogP contribution >= 0.6 is 22.9 Å². The fourth-order valence-corrected chi connectivity index (χ4v) is 5.84. The van der Waals surface area contributed by atoms with Crippen LogP contribution in [0.2, 0.25) is 4.34 Å². The number of rotatable bonds is 3. The summed E-state index contributed by atoms with van der Waals surface area (Å²) in [6, 6.07) is 8.98. The van der Waals surface area contributed by atoms with Gasteiger partial charge in [0.2, 0.25) is 0 Å². The first-order chi connectivity index (χ1) is 11.9. The van der Waals surface area contributed by atoms with Gasteiger partial charge in [0, 0.05) is 26.2 Å². The largest absolute Gasteiger partial charge is 0.355 e. The predicted octanol–water partition coefficient (Wildman–Crippen LogP) is 2.88. The summed E-state index contributed by atoms with van der Waals surface area (Å²) in [4.78, 5) is 6.41. The van der Waals surface area contributed by atoms with Gasteiger partial charge in [0.1, 0.15) is 21.8 Å². The molecule has 0 saturated carbocycles. The fraction of sp³-hybridized carbons (Fsp3) is 0.375. The molecule has 0 amide bonds. The van der Waals surface area contributed by atoms with Gasteiger partial charge in [-0.25, -0.2) is 13.4 Å². The van der Waals surface area contributed by atoms with Gasteiger partial charge in [0.05, 0.1) is 4.34 Å². The van der Waals surface area contributed by atoms with E-state index in [-0.39, 0.29) is 4.21 Å². The minimum atomic E-state index is -3.52. The lowest BCUT2D eigenvalue weighted by Crippen LogP contribution is -2.35. The molecule has 9 heteroatoms. The van der Waals surface area contributed by atoms with E-state index in [1.807, 2.05) is 24.0 Å². The van der Waals surface area contributed by atoms with Gasteiger partial charge in [0.15, 0.2) is 0 Å². The summed E-state index contributed by atoms with van der Waals surface area (Å²) in [6.45, 7) is 3.89. The summed E-state index contributed by atoms with van der Waals surface area (Å²) in [7, 11) is -3.52. The molecule has 132 valence electrons. The van der Waals surface area contributed by atoms with Gasteiger partial charge in [-0.15, -0.1) is 11.3 Å². The second-order valence-electron chi connectivity index (χ2n) is 5.75. The molecule has 0 atom stereocenters. The summed E-state index contributed by atoms with van der Waals surface area (Å²) in [5.41, 5.74) is 1.24. The zero-order valence-corrected chi connectivity index (χ0v) is 16.0. The molecule has 25 heavy (non-hydrogen) atoms. The highest BCUT2D eigenvalue weighted by Crippen LogP contribution is 2.29. The van der Waals surface area contributed by atoms with Crippen molar-refractivity contribution in [1.82, 2.24) is 9.29 Å². The number of halogens is 1. The van der Waals surface area contributed by atoms with E-state index in [0.29, 0.717) is 48.4 Å². The Morgan fingerprint density at radius 3 is 2.68 bits per heavy atom. The molecule has 0 aliphatic carbocycles. The Morgan fingerprint density at radius 2 is 2.00 bits per heavy atom. The van der Waals surface area contributed by atoms with Gasteiger partial charge in [-0.3, -0.25) is 0 Å². The number of nitrogens with zero attached hydrogens (tertiary/aromatic N) is 4. The molecule has 0 aromatic carbocycles. The van der Waals surface area contributed by atoms with Crippen molar-refractivity contribution >= 4 is 38.8 Å². The molecule has 3 heterocycles. The number of aromatic nitrogens is 1. The molecule has 1 aliphatic rings. The standard InChI is InChI=1S/C16H17ClN4O2S2/c1-12-3-5-15(19-13(12)11-18)20-7-2-8-21(10-9-20)25(22,23)16-6-4-14(17)24-16/h3-6H,2,7-10H2,1H3. The van der Waals surface area contributed by atoms with Crippen LogP contribution in [0.5, 0.6) is 0 Å². The van der Waals surface area contributed by atoms with E-state index < -0.39 is 10.0 Å². The van der Waals surface area contributed by atoms with Crippen LogP contribution in [0.1, 0.15) is 17.7 Å². The fourth-order valence-electron chi connectivity index (χ4n) is 2.73. The molecule has 0 bridgehead atoms. The molecule has 0 unspecified atom stereocenters. The van der Waals surface area contributed by atoms with Crippen molar-refractivity contribution in [1.29, 1.82) is 5.26 Å². The molecule has 0 radical (unpaired) electrons. The topological polar surface area (TPSA) is 77.3 Å². The smallest absolute Gasteiger partial charge is 0.252 e. The number of hydrogen-bond acceptors (Lipinski definition) is 6. The lowest BCUT2D eigenvalue weighted by atomic mass is 10.2. The first-order valence-corrected chi connectivity index (χ1v) is 10.4. The Kier molecular flexibility index (Phi) is 5.29. The molecule has 1 fully saturated rings. The zero-order chi connectivity index (χ0) is 18.0. The van der Waals surface area contributed by atoms with Crippen molar-refractivity contribution in [3.8, 4) is 6.07 Å². The van der Waals surface area contributed by atoms with Gasteiger partial charge >= 0.3 is 0 Å². The number of aryl methyl sites for hydroxylation is 1. The molecule has 1 saturated heterocycles. The van der Waals surface area contributed by atoms with E-state index in [1.165, 1.54) is 4.31 Å². The average molecular weight is 397 g/mol. The number of thiophene rings is 1. The Balaban J connectivity index is 1.78. The highest BCUT2D eigenvalue weighted by Gasteiger charge is 2.28. The number of sulfonamides is 1. The Morgan fingerprint density at radius 1 is 1.20 bits per heavy atom. The summed E-state index contributed by atoms with van der Waals surface area (Å²) in [5.74, 6) is 0.709. The average Bonchev–Trinajstić information content (AvgIpc) is 2.89. The lowest BCUT2D eigenvalue weighted by Gasteiger charge is -2.22. The van der Waals surface area contributed by atoms with Crippen molar-refractivity contribution in [2.75, 3.05) is 31.1 Å². The van der Waals surface area contributed by atoms with E-state index in [4.69, 9.17) is 16.9 Å². The third kappa shape index (κ3) is 3.80. The molecule has 6 nitrogen and oxygen atoms in total. The minimum absolute atomic E-state index is 0.270. The van der Waals surface area contributed by atoms with Crippen molar-refractivity contribution in [2.45, 2.75) is 17.6 Å². The first kappa shape index (κ1) is 18.1. The van der Waals surface area contributed by atoms with Crippen LogP contribution in [0.4, 0.5) is 5.82 Å². The highest BCUT2D eigenvalue weighted by molar-refractivity contribution is 7.91. The van der Waals surface area contributed by atoms with Gasteiger partial charge in [-0.1, -0.05) is 17.7 Å². The summed E-state index contributed by atoms with van der Waals surface area (Å²) in [6.07, 6.45) is 0.690. The molecule has 2 aromatic rings. The van der Waals surface area contributed by atoms with Gasteiger partial charge in [0.25, 0.3) is 10.0 Å². The van der Waals surface area contributed by atoms with Crippen molar-refractivity contribution < 1.29 is 8.42 Å². The van der Waals surface area contributed by atoms with Crippen molar-refractivity contribution in [2.24, 2.45) is 0 Å². The third-order valence-corrected chi connectivity index (χ3v) is 7.71. The summed E-state index contributed by atoms with van der Waals surface area (Å²) < 4.78 is 27.7. The van der Waals surface area contributed by atoms with Crippen LogP contribution in [-0.4, -0.2) is 43.9 Å². The lowest BCUT2D eigenvalue weighted by molar-refractivity contribution is 0.434. The van der Waals surface area contributed by atoms with E-state index in [1.54, 1.807) is 12.1 Å². The summed E-state index contributed by atoms with van der Waals surface area (Å²) in [5, 5.41) is 9.15. The Labute approximate surface area is 156 Å². The van der Waals surface area contributed by atoms with E-state index >= 15 is 0 Å². The van der Waals surface area contributed by atoms with Crippen molar-refractivity contribution in [3.63, 3.8) is 0 Å². The Bertz CT molecular complexity index is 920. The number of hydrogen-bond donors (Lipinski definition) is 0. The van der Waals surface area contributed by atoms with Crippen LogP contribution in [-0.2, 0) is 10.0 Å². The summed E-state index contributed by atoms with van der Waals surface area (Å²) >= 11 is 6.95. The normalized spacial score (nSPS) is 16.4. The number of nitriles is 1. The van der Waals surface area contributed by atoms with Crippen molar-refractivity contribution in [3.05, 3.63) is 39.9 Å². The molecular formula is C16H17ClN4O2S2. The predicted molar refractivity (Wildman–Crippen MR) is 98.6 cm³/mol. The van der Waals surface area contributed by atoms with E-state index in [0.717, 1.165) is 16.9 Å². The van der Waals surface area contributed by atoms with Gasteiger partial charge < -0.3 is 4.90 Å². The molecule has 2 aromatic heterocycles. The maximum absolute atomic E-state index is 12.7. The van der Waals surface area contributed by atoms with Gasteiger partial charge in [-0.05, 0) is 37.1 Å². The second-order valence-corrected chi connectivity index (χ2v) is 9.63. The van der Waals surface area contributed by atoms with Crippen LogP contribution in [0.3, 0.4) is 0 Å². The monoisotopic (exact) mass is 396 g/mol. The van der Waals surface area contributed by atoms with Crippen LogP contribution in [0.15, 0.2) is 28.5 Å². The second kappa shape index (κ2) is 7.30.